The van der Waals surface area contributed by atoms with Crippen LogP contribution in [0.3, 0.4) is 0 Å². The van der Waals surface area contributed by atoms with E-state index >= 15 is 0 Å². The molecular weight excluding hydrogens is 254 g/mol. The van der Waals surface area contributed by atoms with E-state index in [1.165, 1.54) is 6.26 Å². The average molecular weight is 273 g/mol. The maximum absolute atomic E-state index is 11.5. The largest absolute Gasteiger partial charge is 0.378 e. The number of nitrogens with one attached hydrogen (secondary N) is 1. The van der Waals surface area contributed by atoms with E-state index < -0.39 is 15.1 Å². The standard InChI is InChI=1S/C11H19N3O3S/c1-5-12-10-6-9(7-17-3)13-11(14-10)8(2)18(4,15)16/h6,8H,5,7H2,1-4H3,(H,12,13,14). The second-order valence-corrected chi connectivity index (χ2v) is 6.40. The highest BCUT2D eigenvalue weighted by molar-refractivity contribution is 7.90. The number of aromatic nitrogens is 2. The van der Waals surface area contributed by atoms with Crippen molar-refractivity contribution < 1.29 is 13.2 Å². The summed E-state index contributed by atoms with van der Waals surface area (Å²) in [6.07, 6.45) is 1.18. The highest BCUT2D eigenvalue weighted by Gasteiger charge is 2.21. The fourth-order valence-electron chi connectivity index (χ4n) is 1.38. The van der Waals surface area contributed by atoms with E-state index in [0.29, 0.717) is 30.5 Å². The summed E-state index contributed by atoms with van der Waals surface area (Å²) in [5.41, 5.74) is 0.661. The highest BCUT2D eigenvalue weighted by Crippen LogP contribution is 2.19. The monoisotopic (exact) mass is 273 g/mol. The van der Waals surface area contributed by atoms with Gasteiger partial charge in [-0.25, -0.2) is 18.4 Å². The maximum atomic E-state index is 11.5. The molecule has 1 unspecified atom stereocenters. The second-order valence-electron chi connectivity index (χ2n) is 4.04. The minimum Gasteiger partial charge on any atom is -0.378 e. The zero-order valence-electron chi connectivity index (χ0n) is 11.1. The first kappa shape index (κ1) is 14.8. The third-order valence-corrected chi connectivity index (χ3v) is 3.95. The molecule has 0 aliphatic heterocycles. The van der Waals surface area contributed by atoms with Gasteiger partial charge in [-0.1, -0.05) is 0 Å². The summed E-state index contributed by atoms with van der Waals surface area (Å²) in [7, 11) is -1.65. The Morgan fingerprint density at radius 1 is 1.44 bits per heavy atom. The van der Waals surface area contributed by atoms with Gasteiger partial charge in [0.15, 0.2) is 9.84 Å². The number of methoxy groups -OCH3 is 1. The van der Waals surface area contributed by atoms with Gasteiger partial charge in [0.1, 0.15) is 16.9 Å². The van der Waals surface area contributed by atoms with E-state index in [1.54, 1.807) is 20.1 Å². The highest BCUT2D eigenvalue weighted by atomic mass is 32.2. The van der Waals surface area contributed by atoms with Gasteiger partial charge in [0, 0.05) is 26.0 Å². The van der Waals surface area contributed by atoms with Crippen molar-refractivity contribution in [3.8, 4) is 0 Å². The molecule has 102 valence electrons. The van der Waals surface area contributed by atoms with Crippen LogP contribution in [0.2, 0.25) is 0 Å². The van der Waals surface area contributed by atoms with Gasteiger partial charge in [-0.05, 0) is 13.8 Å². The molecule has 0 fully saturated rings. The number of rotatable bonds is 6. The fourth-order valence-corrected chi connectivity index (χ4v) is 1.87. The predicted octanol–water partition coefficient (Wildman–Crippen LogP) is 1.16. The van der Waals surface area contributed by atoms with Crippen molar-refractivity contribution >= 4 is 15.7 Å². The SMILES string of the molecule is CCNc1cc(COC)nc(C(C)S(C)(=O)=O)n1. The molecule has 1 atom stereocenters. The minimum atomic E-state index is -3.21. The smallest absolute Gasteiger partial charge is 0.157 e. The second kappa shape index (κ2) is 6.10. The van der Waals surface area contributed by atoms with Crippen molar-refractivity contribution in [1.29, 1.82) is 0 Å². The number of hydrogen-bond donors (Lipinski definition) is 1. The lowest BCUT2D eigenvalue weighted by atomic mass is 10.3. The summed E-state index contributed by atoms with van der Waals surface area (Å²) >= 11 is 0. The molecule has 0 radical (unpaired) electrons. The molecule has 1 heterocycles. The van der Waals surface area contributed by atoms with Gasteiger partial charge in [0.2, 0.25) is 0 Å². The predicted molar refractivity (Wildman–Crippen MR) is 70.2 cm³/mol. The molecule has 6 nitrogen and oxygen atoms in total. The van der Waals surface area contributed by atoms with Crippen LogP contribution in [-0.4, -0.2) is 38.3 Å². The Kier molecular flexibility index (Phi) is 5.03. The number of sulfone groups is 1. The topological polar surface area (TPSA) is 81.2 Å². The first-order valence-electron chi connectivity index (χ1n) is 5.68. The van der Waals surface area contributed by atoms with Crippen LogP contribution in [-0.2, 0) is 21.2 Å². The minimum absolute atomic E-state index is 0.294. The lowest BCUT2D eigenvalue weighted by molar-refractivity contribution is 0.181. The third-order valence-electron chi connectivity index (χ3n) is 2.45. The van der Waals surface area contributed by atoms with Crippen LogP contribution in [0.25, 0.3) is 0 Å². The van der Waals surface area contributed by atoms with E-state index in [4.69, 9.17) is 4.74 Å². The Morgan fingerprint density at radius 3 is 2.61 bits per heavy atom. The summed E-state index contributed by atoms with van der Waals surface area (Å²) in [4.78, 5) is 8.43. The number of ether oxygens (including phenoxy) is 1. The van der Waals surface area contributed by atoms with Crippen LogP contribution in [0, 0.1) is 0 Å². The van der Waals surface area contributed by atoms with Crippen molar-refractivity contribution in [3.63, 3.8) is 0 Å². The summed E-state index contributed by atoms with van der Waals surface area (Å²) in [5.74, 6) is 0.910. The molecule has 1 N–H and O–H groups in total. The molecule has 0 saturated carbocycles. The molecule has 0 aromatic carbocycles. The van der Waals surface area contributed by atoms with Crippen molar-refractivity contribution in [2.24, 2.45) is 0 Å². The molecule has 7 heteroatoms. The molecule has 0 spiro atoms. The van der Waals surface area contributed by atoms with Gasteiger partial charge in [0.25, 0.3) is 0 Å². The van der Waals surface area contributed by atoms with Gasteiger partial charge in [-0.2, -0.15) is 0 Å². The molecule has 0 saturated heterocycles. The summed E-state index contributed by atoms with van der Waals surface area (Å²) in [6, 6.07) is 1.76. The Labute approximate surface area is 108 Å². The average Bonchev–Trinajstić information content (AvgIpc) is 2.27. The Hall–Kier alpha value is -1.21. The van der Waals surface area contributed by atoms with E-state index in [-0.39, 0.29) is 0 Å². The molecule has 0 amide bonds. The van der Waals surface area contributed by atoms with E-state index in [1.807, 2.05) is 6.92 Å². The van der Waals surface area contributed by atoms with E-state index in [0.717, 1.165) is 0 Å². The molecule has 0 aliphatic rings. The van der Waals surface area contributed by atoms with Crippen molar-refractivity contribution in [3.05, 3.63) is 17.6 Å². The van der Waals surface area contributed by atoms with Crippen LogP contribution in [0.4, 0.5) is 5.82 Å². The fraction of sp³-hybridized carbons (Fsp3) is 0.636. The number of hydrogen-bond acceptors (Lipinski definition) is 6. The van der Waals surface area contributed by atoms with Crippen LogP contribution < -0.4 is 5.32 Å². The van der Waals surface area contributed by atoms with E-state index in [2.05, 4.69) is 15.3 Å². The Balaban J connectivity index is 3.17. The van der Waals surface area contributed by atoms with Crippen molar-refractivity contribution in [2.75, 3.05) is 25.2 Å². The van der Waals surface area contributed by atoms with Gasteiger partial charge >= 0.3 is 0 Å². The zero-order valence-corrected chi connectivity index (χ0v) is 11.9. The van der Waals surface area contributed by atoms with Crippen LogP contribution in [0.5, 0.6) is 0 Å². The van der Waals surface area contributed by atoms with E-state index in [9.17, 15) is 8.42 Å². The maximum Gasteiger partial charge on any atom is 0.157 e. The lowest BCUT2D eigenvalue weighted by Crippen LogP contribution is -2.14. The number of nitrogens with zero attached hydrogens (tertiary/aromatic N) is 2. The molecule has 1 aromatic rings. The first-order valence-corrected chi connectivity index (χ1v) is 7.63. The summed E-state index contributed by atoms with van der Waals surface area (Å²) in [5, 5.41) is 2.32. The van der Waals surface area contributed by atoms with Crippen molar-refractivity contribution in [2.45, 2.75) is 25.7 Å². The van der Waals surface area contributed by atoms with Gasteiger partial charge < -0.3 is 10.1 Å². The molecule has 18 heavy (non-hydrogen) atoms. The molecule has 0 aliphatic carbocycles. The lowest BCUT2D eigenvalue weighted by Gasteiger charge is -2.12. The third kappa shape index (κ3) is 3.92. The van der Waals surface area contributed by atoms with Crippen molar-refractivity contribution in [1.82, 2.24) is 9.97 Å². The molecular formula is C11H19N3O3S. The van der Waals surface area contributed by atoms with Gasteiger partial charge in [-0.3, -0.25) is 0 Å². The van der Waals surface area contributed by atoms with Gasteiger partial charge in [-0.15, -0.1) is 0 Å². The van der Waals surface area contributed by atoms with Gasteiger partial charge in [0.05, 0.1) is 12.3 Å². The zero-order chi connectivity index (χ0) is 13.8. The molecule has 1 aromatic heterocycles. The first-order chi connectivity index (χ1) is 8.38. The number of anilines is 1. The molecule has 1 rings (SSSR count). The quantitative estimate of drug-likeness (QED) is 0.837. The Bertz CT molecular complexity index is 478. The summed E-state index contributed by atoms with van der Waals surface area (Å²) < 4.78 is 28.1. The normalized spacial score (nSPS) is 13.3. The van der Waals surface area contributed by atoms with Crippen LogP contribution >= 0.6 is 0 Å². The molecule has 0 bridgehead atoms. The Morgan fingerprint density at radius 2 is 2.11 bits per heavy atom. The van der Waals surface area contributed by atoms with Crippen LogP contribution in [0.15, 0.2) is 6.07 Å². The van der Waals surface area contributed by atoms with Crippen LogP contribution in [0.1, 0.15) is 30.6 Å². The summed E-state index contributed by atoms with van der Waals surface area (Å²) in [6.45, 7) is 4.55.